The van der Waals surface area contributed by atoms with Gasteiger partial charge in [-0.1, -0.05) is 34.9 Å². The van der Waals surface area contributed by atoms with Gasteiger partial charge in [0.15, 0.2) is 0 Å². The first kappa shape index (κ1) is 14.1. The van der Waals surface area contributed by atoms with Gasteiger partial charge in [-0.15, -0.1) is 5.10 Å². The minimum Gasteiger partial charge on any atom is -0.466 e. The summed E-state index contributed by atoms with van der Waals surface area (Å²) in [6.07, 6.45) is 0. The Morgan fingerprint density at radius 1 is 0.818 bits per heavy atom. The van der Waals surface area contributed by atoms with Gasteiger partial charge in [0, 0.05) is 11.1 Å². The Labute approximate surface area is 127 Å². The van der Waals surface area contributed by atoms with Gasteiger partial charge in [0.2, 0.25) is 0 Å². The zero-order valence-corrected chi connectivity index (χ0v) is 12.2. The van der Waals surface area contributed by atoms with Crippen LogP contribution in [0.5, 0.6) is 6.01 Å². The maximum atomic E-state index is 13.1. The molecule has 0 aliphatic rings. The SMILES string of the molecule is COc1nnc(-c2ccc(F)cc2)c(-c2ccc(C)cc2)n1. The molecule has 4 nitrogen and oxygen atoms in total. The first-order chi connectivity index (χ1) is 10.7. The highest BCUT2D eigenvalue weighted by atomic mass is 19.1. The smallest absolute Gasteiger partial charge is 0.336 e. The number of rotatable bonds is 3. The molecular formula is C17H14FN3O. The molecule has 0 aliphatic carbocycles. The van der Waals surface area contributed by atoms with Crippen molar-refractivity contribution in [3.05, 3.63) is 59.9 Å². The molecule has 0 unspecified atom stereocenters. The van der Waals surface area contributed by atoms with E-state index in [-0.39, 0.29) is 11.8 Å². The van der Waals surface area contributed by atoms with E-state index in [4.69, 9.17) is 4.74 Å². The van der Waals surface area contributed by atoms with Gasteiger partial charge in [0.25, 0.3) is 0 Å². The van der Waals surface area contributed by atoms with Crippen LogP contribution in [0.25, 0.3) is 22.5 Å². The second kappa shape index (κ2) is 5.89. The van der Waals surface area contributed by atoms with Crippen molar-refractivity contribution < 1.29 is 9.13 Å². The van der Waals surface area contributed by atoms with Crippen molar-refractivity contribution in [1.82, 2.24) is 15.2 Å². The lowest BCUT2D eigenvalue weighted by atomic mass is 10.0. The molecule has 2 aromatic carbocycles. The van der Waals surface area contributed by atoms with Gasteiger partial charge in [-0.05, 0) is 31.2 Å². The maximum Gasteiger partial charge on any atom is 0.336 e. The summed E-state index contributed by atoms with van der Waals surface area (Å²) in [6.45, 7) is 2.02. The Morgan fingerprint density at radius 3 is 2.05 bits per heavy atom. The van der Waals surface area contributed by atoms with E-state index in [1.54, 1.807) is 12.1 Å². The Bertz CT molecular complexity index is 786. The average molecular weight is 295 g/mol. The standard InChI is InChI=1S/C17H14FN3O/c1-11-3-5-12(6-4-11)15-16(20-21-17(19-15)22-2)13-7-9-14(18)10-8-13/h3-10H,1-2H3. The summed E-state index contributed by atoms with van der Waals surface area (Å²) in [6, 6.07) is 14.2. The quantitative estimate of drug-likeness (QED) is 0.740. The van der Waals surface area contributed by atoms with Crippen LogP contribution in [0.1, 0.15) is 5.56 Å². The largest absolute Gasteiger partial charge is 0.466 e. The molecule has 0 amide bonds. The minimum absolute atomic E-state index is 0.196. The summed E-state index contributed by atoms with van der Waals surface area (Å²) in [5, 5.41) is 8.11. The molecule has 0 fully saturated rings. The van der Waals surface area contributed by atoms with Gasteiger partial charge in [-0.25, -0.2) is 4.39 Å². The lowest BCUT2D eigenvalue weighted by Crippen LogP contribution is -2.00. The van der Waals surface area contributed by atoms with Crippen LogP contribution in [-0.2, 0) is 0 Å². The summed E-state index contributed by atoms with van der Waals surface area (Å²) in [5.41, 5.74) is 4.04. The van der Waals surface area contributed by atoms with E-state index in [0.29, 0.717) is 11.4 Å². The van der Waals surface area contributed by atoms with Crippen molar-refractivity contribution in [2.45, 2.75) is 6.92 Å². The van der Waals surface area contributed by atoms with Crippen LogP contribution in [-0.4, -0.2) is 22.3 Å². The summed E-state index contributed by atoms with van der Waals surface area (Å²) < 4.78 is 18.2. The van der Waals surface area contributed by atoms with E-state index in [1.807, 2.05) is 31.2 Å². The van der Waals surface area contributed by atoms with Gasteiger partial charge in [-0.3, -0.25) is 0 Å². The van der Waals surface area contributed by atoms with E-state index in [1.165, 1.54) is 19.2 Å². The third-order valence-corrected chi connectivity index (χ3v) is 3.29. The topological polar surface area (TPSA) is 47.9 Å². The Balaban J connectivity index is 2.17. The minimum atomic E-state index is -0.296. The molecule has 110 valence electrons. The van der Waals surface area contributed by atoms with E-state index in [0.717, 1.165) is 16.7 Å². The summed E-state index contributed by atoms with van der Waals surface area (Å²) in [7, 11) is 1.49. The van der Waals surface area contributed by atoms with Gasteiger partial charge < -0.3 is 4.74 Å². The number of halogens is 1. The van der Waals surface area contributed by atoms with E-state index < -0.39 is 0 Å². The Morgan fingerprint density at radius 2 is 1.41 bits per heavy atom. The summed E-state index contributed by atoms with van der Waals surface area (Å²) in [4.78, 5) is 4.40. The Kier molecular flexibility index (Phi) is 3.78. The van der Waals surface area contributed by atoms with Gasteiger partial charge >= 0.3 is 6.01 Å². The van der Waals surface area contributed by atoms with Crippen LogP contribution < -0.4 is 4.74 Å². The molecule has 1 heterocycles. The van der Waals surface area contributed by atoms with Crippen LogP contribution in [0.2, 0.25) is 0 Å². The molecule has 0 spiro atoms. The summed E-state index contributed by atoms with van der Waals surface area (Å²) >= 11 is 0. The number of methoxy groups -OCH3 is 1. The Hall–Kier alpha value is -2.82. The predicted molar refractivity (Wildman–Crippen MR) is 81.9 cm³/mol. The van der Waals surface area contributed by atoms with Gasteiger partial charge in [-0.2, -0.15) is 4.98 Å². The second-order valence-corrected chi connectivity index (χ2v) is 4.87. The lowest BCUT2D eigenvalue weighted by Gasteiger charge is -2.09. The predicted octanol–water partition coefficient (Wildman–Crippen LogP) is 3.66. The van der Waals surface area contributed by atoms with E-state index >= 15 is 0 Å². The molecule has 5 heteroatoms. The first-order valence-corrected chi connectivity index (χ1v) is 6.79. The molecule has 1 aromatic heterocycles. The number of hydrogen-bond donors (Lipinski definition) is 0. The second-order valence-electron chi connectivity index (χ2n) is 4.87. The molecule has 3 aromatic rings. The third kappa shape index (κ3) is 2.79. The molecule has 0 atom stereocenters. The molecule has 0 saturated carbocycles. The number of hydrogen-bond acceptors (Lipinski definition) is 4. The zero-order valence-electron chi connectivity index (χ0n) is 12.2. The van der Waals surface area contributed by atoms with Crippen molar-refractivity contribution in [2.24, 2.45) is 0 Å². The van der Waals surface area contributed by atoms with Crippen LogP contribution in [0.3, 0.4) is 0 Å². The molecular weight excluding hydrogens is 281 g/mol. The third-order valence-electron chi connectivity index (χ3n) is 3.29. The molecule has 0 N–H and O–H groups in total. The van der Waals surface area contributed by atoms with E-state index in [2.05, 4.69) is 15.2 Å². The fraction of sp³-hybridized carbons (Fsp3) is 0.118. The highest BCUT2D eigenvalue weighted by Crippen LogP contribution is 2.29. The molecule has 22 heavy (non-hydrogen) atoms. The van der Waals surface area contributed by atoms with Crippen molar-refractivity contribution in [2.75, 3.05) is 7.11 Å². The number of aryl methyl sites for hydroxylation is 1. The highest BCUT2D eigenvalue weighted by Gasteiger charge is 2.14. The van der Waals surface area contributed by atoms with Crippen molar-refractivity contribution in [3.8, 4) is 28.5 Å². The van der Waals surface area contributed by atoms with Crippen molar-refractivity contribution in [3.63, 3.8) is 0 Å². The van der Waals surface area contributed by atoms with Crippen molar-refractivity contribution >= 4 is 0 Å². The van der Waals surface area contributed by atoms with Gasteiger partial charge in [0.05, 0.1) is 7.11 Å². The first-order valence-electron chi connectivity index (χ1n) is 6.79. The van der Waals surface area contributed by atoms with Crippen molar-refractivity contribution in [1.29, 1.82) is 0 Å². The van der Waals surface area contributed by atoms with Crippen LogP contribution in [0.4, 0.5) is 4.39 Å². The fourth-order valence-corrected chi connectivity index (χ4v) is 2.11. The normalized spacial score (nSPS) is 10.5. The molecule has 0 radical (unpaired) electrons. The fourth-order valence-electron chi connectivity index (χ4n) is 2.11. The zero-order chi connectivity index (χ0) is 15.5. The maximum absolute atomic E-state index is 13.1. The molecule has 0 aliphatic heterocycles. The molecule has 0 bridgehead atoms. The number of nitrogens with zero attached hydrogens (tertiary/aromatic N) is 3. The molecule has 3 rings (SSSR count). The summed E-state index contributed by atoms with van der Waals surface area (Å²) in [5.74, 6) is -0.296. The lowest BCUT2D eigenvalue weighted by molar-refractivity contribution is 0.374. The highest BCUT2D eigenvalue weighted by molar-refractivity contribution is 5.77. The van der Waals surface area contributed by atoms with Crippen LogP contribution >= 0.6 is 0 Å². The van der Waals surface area contributed by atoms with Gasteiger partial charge in [0.1, 0.15) is 17.2 Å². The molecule has 0 saturated heterocycles. The number of aromatic nitrogens is 3. The van der Waals surface area contributed by atoms with E-state index in [9.17, 15) is 4.39 Å². The van der Waals surface area contributed by atoms with Crippen LogP contribution in [0, 0.1) is 12.7 Å². The average Bonchev–Trinajstić information content (AvgIpc) is 2.56. The number of benzene rings is 2. The number of ether oxygens (including phenoxy) is 1. The van der Waals surface area contributed by atoms with Crippen LogP contribution in [0.15, 0.2) is 48.5 Å². The monoisotopic (exact) mass is 295 g/mol.